The van der Waals surface area contributed by atoms with Crippen LogP contribution in [0.15, 0.2) is 4.99 Å². The fraction of sp³-hybridized carbons (Fsp3) is 0.833. The van der Waals surface area contributed by atoms with E-state index in [4.69, 9.17) is 11.6 Å². The van der Waals surface area contributed by atoms with E-state index in [2.05, 4.69) is 31.7 Å². The fourth-order valence-electron chi connectivity index (χ4n) is 2.34. The van der Waals surface area contributed by atoms with Crippen molar-refractivity contribution in [1.29, 1.82) is 0 Å². The third-order valence-electron chi connectivity index (χ3n) is 3.95. The van der Waals surface area contributed by atoms with Crippen LogP contribution in [0.2, 0.25) is 0 Å². The van der Waals surface area contributed by atoms with Crippen LogP contribution in [0.25, 0.3) is 0 Å². The summed E-state index contributed by atoms with van der Waals surface area (Å²) < 4.78 is 0. The summed E-state index contributed by atoms with van der Waals surface area (Å²) >= 11 is 0. The first-order valence-electron chi connectivity index (χ1n) is 10.3. The third-order valence-corrected chi connectivity index (χ3v) is 3.95. The van der Waals surface area contributed by atoms with Crippen LogP contribution in [-0.2, 0) is 4.79 Å². The lowest BCUT2D eigenvalue weighted by molar-refractivity contribution is -0.120. The minimum absolute atomic E-state index is 0.00847. The zero-order chi connectivity index (χ0) is 20.9. The van der Waals surface area contributed by atoms with Crippen LogP contribution in [0.1, 0.15) is 51.9 Å². The van der Waals surface area contributed by atoms with Gasteiger partial charge in [-0.2, -0.15) is 0 Å². The molecule has 1 unspecified atom stereocenters. The number of rotatable bonds is 18. The SMILES string of the molecule is CC(N)CCNCCCCNC(=O)NCC(=O)NCCCCCCN=CNN. The number of nitrogens with two attached hydrogens (primary N) is 2. The fourth-order valence-corrected chi connectivity index (χ4v) is 2.34. The number of hydrogen-bond donors (Lipinski definition) is 7. The first-order valence-corrected chi connectivity index (χ1v) is 10.3. The molecule has 0 fully saturated rings. The van der Waals surface area contributed by atoms with E-state index >= 15 is 0 Å². The summed E-state index contributed by atoms with van der Waals surface area (Å²) in [5.74, 6) is 4.89. The molecule has 3 amide bonds. The summed E-state index contributed by atoms with van der Waals surface area (Å²) in [5, 5.41) is 11.4. The average Bonchev–Trinajstić information content (AvgIpc) is 2.66. The van der Waals surface area contributed by atoms with E-state index in [1.54, 1.807) is 0 Å². The Morgan fingerprint density at radius 1 is 0.929 bits per heavy atom. The number of hydrazine groups is 1. The van der Waals surface area contributed by atoms with E-state index in [9.17, 15) is 9.59 Å². The molecule has 28 heavy (non-hydrogen) atoms. The normalized spacial score (nSPS) is 12.0. The number of carbonyl (C=O) groups is 2. The molecule has 0 saturated heterocycles. The number of nitrogens with one attached hydrogen (secondary N) is 5. The highest BCUT2D eigenvalue weighted by Crippen LogP contribution is 1.98. The van der Waals surface area contributed by atoms with Gasteiger partial charge in [-0.05, 0) is 52.1 Å². The van der Waals surface area contributed by atoms with Crippen LogP contribution < -0.4 is 38.3 Å². The Bertz CT molecular complexity index is 418. The summed E-state index contributed by atoms with van der Waals surface area (Å²) in [5.41, 5.74) is 8.03. The van der Waals surface area contributed by atoms with Gasteiger partial charge in [0.05, 0.1) is 12.9 Å². The number of hydrogen-bond acceptors (Lipinski definition) is 6. The average molecular weight is 401 g/mol. The van der Waals surface area contributed by atoms with Crippen molar-refractivity contribution in [1.82, 2.24) is 26.7 Å². The maximum absolute atomic E-state index is 11.7. The van der Waals surface area contributed by atoms with Gasteiger partial charge in [0.1, 0.15) is 0 Å². The molecule has 0 aliphatic rings. The van der Waals surface area contributed by atoms with Gasteiger partial charge in [0.15, 0.2) is 0 Å². The van der Waals surface area contributed by atoms with Gasteiger partial charge in [0, 0.05) is 25.7 Å². The largest absolute Gasteiger partial charge is 0.355 e. The van der Waals surface area contributed by atoms with Crippen LogP contribution in [0.3, 0.4) is 0 Å². The zero-order valence-electron chi connectivity index (χ0n) is 17.3. The molecule has 0 aliphatic carbocycles. The highest BCUT2D eigenvalue weighted by atomic mass is 16.2. The molecule has 0 aromatic carbocycles. The molecule has 0 spiro atoms. The minimum Gasteiger partial charge on any atom is -0.355 e. The molecule has 10 nitrogen and oxygen atoms in total. The topological polar surface area (TPSA) is 159 Å². The van der Waals surface area contributed by atoms with Gasteiger partial charge in [-0.1, -0.05) is 12.8 Å². The van der Waals surface area contributed by atoms with Crippen LogP contribution in [0.5, 0.6) is 0 Å². The molecule has 164 valence electrons. The second-order valence-electron chi connectivity index (χ2n) is 6.80. The van der Waals surface area contributed by atoms with E-state index in [1.165, 1.54) is 6.34 Å². The lowest BCUT2D eigenvalue weighted by atomic mass is 10.2. The molecule has 0 aromatic rings. The van der Waals surface area contributed by atoms with Gasteiger partial charge in [-0.15, -0.1) is 0 Å². The van der Waals surface area contributed by atoms with Crippen molar-refractivity contribution in [2.45, 2.75) is 57.9 Å². The van der Waals surface area contributed by atoms with Gasteiger partial charge in [0.2, 0.25) is 5.91 Å². The van der Waals surface area contributed by atoms with E-state index in [1.807, 2.05) is 6.92 Å². The van der Waals surface area contributed by atoms with Crippen LogP contribution in [0.4, 0.5) is 4.79 Å². The Kier molecular flexibility index (Phi) is 18.5. The molecule has 1 atom stereocenters. The maximum atomic E-state index is 11.7. The van der Waals surface area contributed by atoms with Crippen LogP contribution in [-0.4, -0.2) is 63.6 Å². The van der Waals surface area contributed by atoms with Crippen molar-refractivity contribution < 1.29 is 9.59 Å². The van der Waals surface area contributed by atoms with E-state index < -0.39 is 0 Å². The first kappa shape index (κ1) is 26.1. The predicted octanol–water partition coefficient (Wildman–Crippen LogP) is -0.439. The van der Waals surface area contributed by atoms with Gasteiger partial charge in [0.25, 0.3) is 0 Å². The Balaban J connectivity index is 3.37. The molecule has 0 saturated carbocycles. The summed E-state index contributed by atoms with van der Waals surface area (Å²) in [4.78, 5) is 27.3. The highest BCUT2D eigenvalue weighted by molar-refractivity contribution is 5.83. The molecular weight excluding hydrogens is 360 g/mol. The Labute approximate surface area is 169 Å². The number of nitrogens with zero attached hydrogens (tertiary/aromatic N) is 1. The number of aliphatic imine (C=N–C) groups is 1. The smallest absolute Gasteiger partial charge is 0.315 e. The monoisotopic (exact) mass is 400 g/mol. The summed E-state index contributed by atoms with van der Waals surface area (Å²) in [6.45, 7) is 5.77. The van der Waals surface area contributed by atoms with Gasteiger partial charge >= 0.3 is 6.03 Å². The summed E-state index contributed by atoms with van der Waals surface area (Å²) in [6, 6.07) is -0.0904. The van der Waals surface area contributed by atoms with E-state index in [0.717, 1.165) is 64.6 Å². The second kappa shape index (κ2) is 19.8. The van der Waals surface area contributed by atoms with Gasteiger partial charge in [-0.25, -0.2) is 10.6 Å². The molecular formula is C18H40N8O2. The Morgan fingerprint density at radius 2 is 1.61 bits per heavy atom. The molecule has 9 N–H and O–H groups in total. The van der Waals surface area contributed by atoms with Crippen molar-refractivity contribution in [3.63, 3.8) is 0 Å². The van der Waals surface area contributed by atoms with Gasteiger partial charge < -0.3 is 32.4 Å². The number of amides is 3. The van der Waals surface area contributed by atoms with Crippen molar-refractivity contribution in [2.75, 3.05) is 39.3 Å². The minimum atomic E-state index is -0.312. The number of urea groups is 1. The predicted molar refractivity (Wildman–Crippen MR) is 114 cm³/mol. The van der Waals surface area contributed by atoms with E-state index in [0.29, 0.717) is 13.1 Å². The summed E-state index contributed by atoms with van der Waals surface area (Å²) in [7, 11) is 0. The Morgan fingerprint density at radius 3 is 2.36 bits per heavy atom. The molecule has 0 bridgehead atoms. The number of carbonyl (C=O) groups excluding carboxylic acids is 2. The Hall–Kier alpha value is -1.91. The van der Waals surface area contributed by atoms with Crippen LogP contribution in [0, 0.1) is 0 Å². The molecule has 0 rings (SSSR count). The van der Waals surface area contributed by atoms with Crippen molar-refractivity contribution in [3.05, 3.63) is 0 Å². The highest BCUT2D eigenvalue weighted by Gasteiger charge is 2.04. The lowest BCUT2D eigenvalue weighted by Crippen LogP contribution is -2.42. The quantitative estimate of drug-likeness (QED) is 0.0543. The van der Waals surface area contributed by atoms with Crippen molar-refractivity contribution in [2.24, 2.45) is 16.6 Å². The molecule has 0 heterocycles. The van der Waals surface area contributed by atoms with Crippen LogP contribution >= 0.6 is 0 Å². The second-order valence-corrected chi connectivity index (χ2v) is 6.80. The van der Waals surface area contributed by atoms with Gasteiger partial charge in [-0.3, -0.25) is 9.79 Å². The molecule has 0 radical (unpaired) electrons. The zero-order valence-corrected chi connectivity index (χ0v) is 17.3. The van der Waals surface area contributed by atoms with Crippen molar-refractivity contribution in [3.8, 4) is 0 Å². The molecule has 10 heteroatoms. The number of unbranched alkanes of at least 4 members (excludes halogenated alkanes) is 4. The molecule has 0 aromatic heterocycles. The van der Waals surface area contributed by atoms with Crippen molar-refractivity contribution >= 4 is 18.3 Å². The lowest BCUT2D eigenvalue weighted by Gasteiger charge is -2.09. The standard InChI is InChI=1S/C18H40N8O2/c1-16(19)8-13-21-9-6-7-12-24-18(28)25-14-17(27)23-11-5-3-2-4-10-22-15-26-20/h15-16,21H,2-14,19-20H2,1H3,(H,22,26)(H,23,27)(H2,24,25,28). The summed E-state index contributed by atoms with van der Waals surface area (Å²) in [6.07, 6.45) is 8.30. The third kappa shape index (κ3) is 20.4. The van der Waals surface area contributed by atoms with E-state index in [-0.39, 0.29) is 24.5 Å². The first-order chi connectivity index (χ1) is 13.6. The maximum Gasteiger partial charge on any atom is 0.315 e. The molecule has 0 aliphatic heterocycles.